The van der Waals surface area contributed by atoms with Crippen LogP contribution in [0.15, 0.2) is 30.3 Å². The number of rotatable bonds is 5. The number of esters is 1. The van der Waals surface area contributed by atoms with Crippen LogP contribution in [0, 0.1) is 5.92 Å². The van der Waals surface area contributed by atoms with E-state index in [4.69, 9.17) is 4.74 Å². The van der Waals surface area contributed by atoms with Crippen molar-refractivity contribution in [2.24, 2.45) is 5.92 Å². The summed E-state index contributed by atoms with van der Waals surface area (Å²) < 4.78 is 5.80. The lowest BCUT2D eigenvalue weighted by atomic mass is 9.80. The Morgan fingerprint density at radius 2 is 1.71 bits per heavy atom. The molecule has 1 aromatic rings. The lowest BCUT2D eigenvalue weighted by molar-refractivity contribution is -0.181. The average molecular weight is 331 g/mol. The molecule has 2 aliphatic carbocycles. The Hall–Kier alpha value is -1.39. The lowest BCUT2D eigenvalue weighted by Gasteiger charge is -2.35. The third-order valence-electron chi connectivity index (χ3n) is 5.83. The van der Waals surface area contributed by atoms with Gasteiger partial charge in [-0.2, -0.15) is 0 Å². The van der Waals surface area contributed by atoms with Crippen molar-refractivity contribution in [3.8, 4) is 0 Å². The first-order chi connectivity index (χ1) is 11.6. The maximum absolute atomic E-state index is 13.0. The van der Waals surface area contributed by atoms with Gasteiger partial charge in [0.1, 0.15) is 6.10 Å². The highest BCUT2D eigenvalue weighted by atomic mass is 16.6. The smallest absolute Gasteiger partial charge is 0.343 e. The highest BCUT2D eigenvalue weighted by Crippen LogP contribution is 2.42. The predicted molar refractivity (Wildman–Crippen MR) is 93.5 cm³/mol. The van der Waals surface area contributed by atoms with Gasteiger partial charge in [-0.25, -0.2) is 4.79 Å². The highest BCUT2D eigenvalue weighted by molar-refractivity contribution is 5.81. The Morgan fingerprint density at radius 1 is 1.08 bits per heavy atom. The average Bonchev–Trinajstić information content (AvgIpc) is 3.17. The molecule has 2 aliphatic rings. The highest BCUT2D eigenvalue weighted by Gasteiger charge is 2.48. The molecule has 1 aromatic carbocycles. The minimum absolute atomic E-state index is 0.0407. The van der Waals surface area contributed by atoms with Crippen molar-refractivity contribution in [3.05, 3.63) is 35.9 Å². The molecule has 0 bridgehead atoms. The van der Waals surface area contributed by atoms with Gasteiger partial charge in [0.15, 0.2) is 5.60 Å². The molecule has 132 valence electrons. The predicted octanol–water partition coefficient (Wildman–Crippen LogP) is 3.14. The minimum atomic E-state index is -1.50. The summed E-state index contributed by atoms with van der Waals surface area (Å²) in [5.74, 6) is -0.491. The Bertz CT molecular complexity index is 533. The molecule has 0 radical (unpaired) electrons. The van der Waals surface area contributed by atoms with E-state index in [1.54, 1.807) is 0 Å². The molecule has 0 aromatic heterocycles. The zero-order valence-corrected chi connectivity index (χ0v) is 14.5. The zero-order chi connectivity index (χ0) is 17.0. The summed E-state index contributed by atoms with van der Waals surface area (Å²) in [6, 6.07) is 9.86. The maximum atomic E-state index is 13.0. The van der Waals surface area contributed by atoms with E-state index < -0.39 is 11.6 Å². The molecule has 2 fully saturated rings. The van der Waals surface area contributed by atoms with E-state index in [1.807, 2.05) is 37.4 Å². The van der Waals surface area contributed by atoms with Crippen molar-refractivity contribution in [3.63, 3.8) is 0 Å². The second kappa shape index (κ2) is 7.66. The number of benzene rings is 1. The summed E-state index contributed by atoms with van der Waals surface area (Å²) in [6.07, 6.45) is 7.60. The molecular weight excluding hydrogens is 302 g/mol. The number of hydrogen-bond donors (Lipinski definition) is 2. The van der Waals surface area contributed by atoms with E-state index in [2.05, 4.69) is 5.32 Å². The molecule has 0 spiro atoms. The third kappa shape index (κ3) is 3.50. The first-order valence-corrected chi connectivity index (χ1v) is 9.31. The quantitative estimate of drug-likeness (QED) is 0.814. The normalized spacial score (nSPS) is 27.6. The van der Waals surface area contributed by atoms with Crippen molar-refractivity contribution >= 4 is 5.97 Å². The van der Waals surface area contributed by atoms with Crippen molar-refractivity contribution in [2.45, 2.75) is 69.1 Å². The van der Waals surface area contributed by atoms with Gasteiger partial charge in [0, 0.05) is 12.0 Å². The minimum Gasteiger partial charge on any atom is -0.460 e. The molecule has 3 rings (SSSR count). The largest absolute Gasteiger partial charge is 0.460 e. The summed E-state index contributed by atoms with van der Waals surface area (Å²) >= 11 is 0. The summed E-state index contributed by atoms with van der Waals surface area (Å²) in [4.78, 5) is 13.0. The second-order valence-electron chi connectivity index (χ2n) is 7.28. The van der Waals surface area contributed by atoms with Crippen LogP contribution in [-0.4, -0.2) is 30.3 Å². The van der Waals surface area contributed by atoms with Crippen LogP contribution < -0.4 is 5.32 Å². The molecule has 4 heteroatoms. The van der Waals surface area contributed by atoms with Gasteiger partial charge in [-0.05, 0) is 51.1 Å². The maximum Gasteiger partial charge on any atom is 0.343 e. The van der Waals surface area contributed by atoms with Gasteiger partial charge in [0.25, 0.3) is 0 Å². The molecule has 0 aliphatic heterocycles. The third-order valence-corrected chi connectivity index (χ3v) is 5.83. The van der Waals surface area contributed by atoms with Crippen LogP contribution in [0.5, 0.6) is 0 Å². The van der Waals surface area contributed by atoms with E-state index in [9.17, 15) is 9.90 Å². The molecule has 2 N–H and O–H groups in total. The summed E-state index contributed by atoms with van der Waals surface area (Å²) in [5, 5.41) is 14.7. The Labute approximate surface area is 144 Å². The summed E-state index contributed by atoms with van der Waals surface area (Å²) in [5.41, 5.74) is -0.830. The molecule has 0 saturated heterocycles. The van der Waals surface area contributed by atoms with E-state index in [-0.39, 0.29) is 12.0 Å². The van der Waals surface area contributed by atoms with E-state index in [0.29, 0.717) is 11.6 Å². The van der Waals surface area contributed by atoms with Crippen molar-refractivity contribution in [1.82, 2.24) is 5.32 Å². The molecule has 1 atom stereocenters. The summed E-state index contributed by atoms with van der Waals surface area (Å²) in [6.45, 7) is 0. The first kappa shape index (κ1) is 17.4. The van der Waals surface area contributed by atoms with Crippen LogP contribution in [0.3, 0.4) is 0 Å². The van der Waals surface area contributed by atoms with Gasteiger partial charge < -0.3 is 15.2 Å². The number of carbonyl (C=O) groups is 1. The Balaban J connectivity index is 1.75. The lowest BCUT2D eigenvalue weighted by Crippen LogP contribution is -2.45. The van der Waals surface area contributed by atoms with Crippen molar-refractivity contribution < 1.29 is 14.6 Å². The molecule has 24 heavy (non-hydrogen) atoms. The van der Waals surface area contributed by atoms with Gasteiger partial charge in [0.05, 0.1) is 0 Å². The van der Waals surface area contributed by atoms with Gasteiger partial charge >= 0.3 is 5.97 Å². The Kier molecular flexibility index (Phi) is 5.57. The molecular formula is C20H29NO3. The molecule has 2 saturated carbocycles. The standard InChI is InChI=1S/C20H29NO3/c1-21-17-11-13-18(14-12-17)24-19(22)20(23,16-9-5-6-10-16)15-7-3-2-4-8-15/h2-4,7-8,16-18,21,23H,5-6,9-14H2,1H3/t17-,18-,20-/m0/s1. The number of ether oxygens (including phenoxy) is 1. The van der Waals surface area contributed by atoms with Crippen molar-refractivity contribution in [1.29, 1.82) is 0 Å². The number of carbonyl (C=O) groups excluding carboxylic acids is 1. The fraction of sp³-hybridized carbons (Fsp3) is 0.650. The summed E-state index contributed by atoms with van der Waals surface area (Å²) in [7, 11) is 1.98. The molecule has 0 heterocycles. The van der Waals surface area contributed by atoms with Gasteiger partial charge in [0.2, 0.25) is 0 Å². The van der Waals surface area contributed by atoms with Crippen molar-refractivity contribution in [2.75, 3.05) is 7.05 Å². The van der Waals surface area contributed by atoms with Crippen LogP contribution in [0.2, 0.25) is 0 Å². The van der Waals surface area contributed by atoms with Gasteiger partial charge in [-0.3, -0.25) is 0 Å². The number of nitrogens with one attached hydrogen (secondary N) is 1. The van der Waals surface area contributed by atoms with Crippen LogP contribution in [-0.2, 0) is 15.1 Å². The molecule has 0 unspecified atom stereocenters. The van der Waals surface area contributed by atoms with E-state index in [0.717, 1.165) is 51.4 Å². The van der Waals surface area contributed by atoms with Crippen LogP contribution in [0.1, 0.15) is 56.9 Å². The van der Waals surface area contributed by atoms with E-state index >= 15 is 0 Å². The molecule has 0 amide bonds. The fourth-order valence-corrected chi connectivity index (χ4v) is 4.27. The number of hydrogen-bond acceptors (Lipinski definition) is 4. The van der Waals surface area contributed by atoms with Crippen LogP contribution >= 0.6 is 0 Å². The van der Waals surface area contributed by atoms with E-state index in [1.165, 1.54) is 0 Å². The SMILES string of the molecule is CN[C@H]1CC[C@H](OC(=O)[C@](O)(c2ccccc2)C2CCCC2)CC1. The van der Waals surface area contributed by atoms with Crippen LogP contribution in [0.4, 0.5) is 0 Å². The topological polar surface area (TPSA) is 58.6 Å². The van der Waals surface area contributed by atoms with Gasteiger partial charge in [-0.15, -0.1) is 0 Å². The Morgan fingerprint density at radius 3 is 2.29 bits per heavy atom. The monoisotopic (exact) mass is 331 g/mol. The number of aliphatic hydroxyl groups is 1. The van der Waals surface area contributed by atoms with Gasteiger partial charge in [-0.1, -0.05) is 43.2 Å². The van der Waals surface area contributed by atoms with Crippen LogP contribution in [0.25, 0.3) is 0 Å². The fourth-order valence-electron chi connectivity index (χ4n) is 4.27. The first-order valence-electron chi connectivity index (χ1n) is 9.31. The second-order valence-corrected chi connectivity index (χ2v) is 7.28. The molecule has 4 nitrogen and oxygen atoms in total. The zero-order valence-electron chi connectivity index (χ0n) is 14.5.